The molecule has 0 radical (unpaired) electrons. The number of methoxy groups -OCH3 is 2. The summed E-state index contributed by atoms with van der Waals surface area (Å²) in [5.74, 6) is 1.57. The fourth-order valence-corrected chi connectivity index (χ4v) is 2.77. The first-order valence-corrected chi connectivity index (χ1v) is 8.98. The van der Waals surface area contributed by atoms with Gasteiger partial charge in [-0.05, 0) is 42.5 Å². The molecule has 1 amide bonds. The van der Waals surface area contributed by atoms with E-state index in [1.807, 2.05) is 24.3 Å². The fraction of sp³-hybridized carbons (Fsp3) is 0.136. The highest BCUT2D eigenvalue weighted by molar-refractivity contribution is 6.31. The zero-order valence-corrected chi connectivity index (χ0v) is 16.3. The number of ether oxygens (including phenoxy) is 3. The number of halogens is 1. The van der Waals surface area contributed by atoms with E-state index in [4.69, 9.17) is 25.8 Å². The van der Waals surface area contributed by atoms with Crippen LogP contribution in [0.15, 0.2) is 66.7 Å². The molecule has 144 valence electrons. The highest BCUT2D eigenvalue weighted by Gasteiger charge is 2.11. The van der Waals surface area contributed by atoms with Crippen LogP contribution in [0.1, 0.15) is 15.9 Å². The van der Waals surface area contributed by atoms with Gasteiger partial charge < -0.3 is 19.5 Å². The minimum atomic E-state index is -0.249. The van der Waals surface area contributed by atoms with Gasteiger partial charge in [0.25, 0.3) is 5.91 Å². The molecule has 3 aromatic rings. The summed E-state index contributed by atoms with van der Waals surface area (Å²) >= 11 is 6.13. The molecule has 0 fully saturated rings. The van der Waals surface area contributed by atoms with Gasteiger partial charge >= 0.3 is 0 Å². The third kappa shape index (κ3) is 4.75. The van der Waals surface area contributed by atoms with E-state index < -0.39 is 0 Å². The van der Waals surface area contributed by atoms with Crippen LogP contribution in [0.2, 0.25) is 5.02 Å². The Balaban J connectivity index is 1.64. The normalized spacial score (nSPS) is 10.2. The average molecular weight is 398 g/mol. The summed E-state index contributed by atoms with van der Waals surface area (Å²) in [5, 5.41) is 3.50. The van der Waals surface area contributed by atoms with E-state index >= 15 is 0 Å². The first kappa shape index (κ1) is 19.6. The number of rotatable bonds is 7. The molecule has 0 aliphatic carbocycles. The standard InChI is InChI=1S/C22H20ClNO4/c1-26-18-11-12-20(21(13-18)27-2)24-22(25)15-7-9-17(10-8-15)28-14-16-5-3-4-6-19(16)23/h3-13H,14H2,1-2H3,(H,24,25). The maximum atomic E-state index is 12.5. The van der Waals surface area contributed by atoms with Crippen molar-refractivity contribution in [2.24, 2.45) is 0 Å². The predicted molar refractivity (Wildman–Crippen MR) is 110 cm³/mol. The molecular weight excluding hydrogens is 378 g/mol. The smallest absolute Gasteiger partial charge is 0.255 e. The van der Waals surface area contributed by atoms with Gasteiger partial charge in [0.2, 0.25) is 0 Å². The Morgan fingerprint density at radius 1 is 0.929 bits per heavy atom. The highest BCUT2D eigenvalue weighted by Crippen LogP contribution is 2.29. The molecule has 0 saturated heterocycles. The molecule has 0 unspecified atom stereocenters. The number of benzene rings is 3. The summed E-state index contributed by atoms with van der Waals surface area (Å²) < 4.78 is 16.2. The lowest BCUT2D eigenvalue weighted by atomic mass is 10.2. The quantitative estimate of drug-likeness (QED) is 0.596. The van der Waals surface area contributed by atoms with Crippen molar-refractivity contribution in [3.63, 3.8) is 0 Å². The number of carbonyl (C=O) groups is 1. The Labute approximate surface area is 168 Å². The zero-order valence-electron chi connectivity index (χ0n) is 15.6. The summed E-state index contributed by atoms with van der Waals surface area (Å²) in [6.45, 7) is 0.355. The minimum Gasteiger partial charge on any atom is -0.497 e. The van der Waals surface area contributed by atoms with Crippen LogP contribution in [-0.4, -0.2) is 20.1 Å². The van der Waals surface area contributed by atoms with Crippen molar-refractivity contribution in [2.75, 3.05) is 19.5 Å². The van der Waals surface area contributed by atoms with Crippen LogP contribution in [0.25, 0.3) is 0 Å². The van der Waals surface area contributed by atoms with E-state index in [1.165, 1.54) is 7.11 Å². The summed E-state index contributed by atoms with van der Waals surface area (Å²) in [6, 6.07) is 19.6. The molecular formula is C22H20ClNO4. The maximum absolute atomic E-state index is 12.5. The molecule has 0 atom stereocenters. The number of amides is 1. The van der Waals surface area contributed by atoms with Crippen LogP contribution in [0.3, 0.4) is 0 Å². The van der Waals surface area contributed by atoms with Crippen LogP contribution in [0.4, 0.5) is 5.69 Å². The molecule has 28 heavy (non-hydrogen) atoms. The summed E-state index contributed by atoms with van der Waals surface area (Å²) in [5.41, 5.74) is 1.97. The van der Waals surface area contributed by atoms with Gasteiger partial charge in [-0.25, -0.2) is 0 Å². The van der Waals surface area contributed by atoms with Crippen molar-refractivity contribution in [1.82, 2.24) is 0 Å². The highest BCUT2D eigenvalue weighted by atomic mass is 35.5. The van der Waals surface area contributed by atoms with Gasteiger partial charge in [0, 0.05) is 22.2 Å². The Morgan fingerprint density at radius 3 is 2.32 bits per heavy atom. The predicted octanol–water partition coefficient (Wildman–Crippen LogP) is 5.19. The molecule has 0 aliphatic rings. The van der Waals surface area contributed by atoms with E-state index in [0.29, 0.717) is 40.1 Å². The summed E-state index contributed by atoms with van der Waals surface area (Å²) in [7, 11) is 3.11. The fourth-order valence-electron chi connectivity index (χ4n) is 2.58. The third-order valence-corrected chi connectivity index (χ3v) is 4.49. The summed E-state index contributed by atoms with van der Waals surface area (Å²) in [4.78, 5) is 12.5. The number of anilines is 1. The Kier molecular flexibility index (Phi) is 6.40. The van der Waals surface area contributed by atoms with E-state index in [-0.39, 0.29) is 5.91 Å². The molecule has 3 aromatic carbocycles. The minimum absolute atomic E-state index is 0.249. The third-order valence-electron chi connectivity index (χ3n) is 4.13. The Bertz CT molecular complexity index is 957. The lowest BCUT2D eigenvalue weighted by Crippen LogP contribution is -2.12. The second-order valence-electron chi connectivity index (χ2n) is 5.92. The number of hydrogen-bond donors (Lipinski definition) is 1. The van der Waals surface area contributed by atoms with Crippen molar-refractivity contribution in [3.05, 3.63) is 82.9 Å². The number of nitrogens with one attached hydrogen (secondary N) is 1. The zero-order chi connectivity index (χ0) is 19.9. The second-order valence-corrected chi connectivity index (χ2v) is 6.33. The second kappa shape index (κ2) is 9.15. The lowest BCUT2D eigenvalue weighted by Gasteiger charge is -2.12. The van der Waals surface area contributed by atoms with Crippen molar-refractivity contribution < 1.29 is 19.0 Å². The van der Waals surface area contributed by atoms with Crippen molar-refractivity contribution in [1.29, 1.82) is 0 Å². The van der Waals surface area contributed by atoms with Crippen LogP contribution >= 0.6 is 11.6 Å². The van der Waals surface area contributed by atoms with Gasteiger partial charge in [-0.1, -0.05) is 29.8 Å². The molecule has 0 saturated carbocycles. The molecule has 0 bridgehead atoms. The summed E-state index contributed by atoms with van der Waals surface area (Å²) in [6.07, 6.45) is 0. The monoisotopic (exact) mass is 397 g/mol. The topological polar surface area (TPSA) is 56.8 Å². The Morgan fingerprint density at radius 2 is 1.64 bits per heavy atom. The molecule has 0 aromatic heterocycles. The number of hydrogen-bond acceptors (Lipinski definition) is 4. The van der Waals surface area contributed by atoms with Gasteiger partial charge in [-0.2, -0.15) is 0 Å². The number of carbonyl (C=O) groups excluding carboxylic acids is 1. The van der Waals surface area contributed by atoms with Gasteiger partial charge in [0.05, 0.1) is 19.9 Å². The SMILES string of the molecule is COc1ccc(NC(=O)c2ccc(OCc3ccccc3Cl)cc2)c(OC)c1. The van der Waals surface area contributed by atoms with Crippen LogP contribution < -0.4 is 19.5 Å². The largest absolute Gasteiger partial charge is 0.497 e. The van der Waals surface area contributed by atoms with Crippen molar-refractivity contribution >= 4 is 23.2 Å². The molecule has 1 N–H and O–H groups in total. The van der Waals surface area contributed by atoms with E-state index in [2.05, 4.69) is 5.32 Å². The molecule has 6 heteroatoms. The van der Waals surface area contributed by atoms with E-state index in [1.54, 1.807) is 49.6 Å². The molecule has 0 heterocycles. The van der Waals surface area contributed by atoms with Crippen molar-refractivity contribution in [2.45, 2.75) is 6.61 Å². The van der Waals surface area contributed by atoms with Crippen LogP contribution in [0.5, 0.6) is 17.2 Å². The van der Waals surface area contributed by atoms with Gasteiger partial charge in [0.15, 0.2) is 0 Å². The van der Waals surface area contributed by atoms with Crippen LogP contribution in [-0.2, 0) is 6.61 Å². The van der Waals surface area contributed by atoms with Crippen molar-refractivity contribution in [3.8, 4) is 17.2 Å². The van der Waals surface area contributed by atoms with E-state index in [0.717, 1.165) is 5.56 Å². The van der Waals surface area contributed by atoms with Crippen LogP contribution in [0, 0.1) is 0 Å². The first-order chi connectivity index (χ1) is 13.6. The average Bonchev–Trinajstić information content (AvgIpc) is 2.73. The van der Waals surface area contributed by atoms with E-state index in [9.17, 15) is 4.79 Å². The molecule has 3 rings (SSSR count). The van der Waals surface area contributed by atoms with Gasteiger partial charge in [-0.15, -0.1) is 0 Å². The van der Waals surface area contributed by atoms with Gasteiger partial charge in [-0.3, -0.25) is 4.79 Å². The Hall–Kier alpha value is -3.18. The molecule has 0 aliphatic heterocycles. The molecule has 5 nitrogen and oxygen atoms in total. The van der Waals surface area contributed by atoms with Gasteiger partial charge in [0.1, 0.15) is 23.9 Å². The lowest BCUT2D eigenvalue weighted by molar-refractivity contribution is 0.102. The first-order valence-electron chi connectivity index (χ1n) is 8.60. The maximum Gasteiger partial charge on any atom is 0.255 e. The molecule has 0 spiro atoms.